The van der Waals surface area contributed by atoms with E-state index in [0.717, 1.165) is 54.3 Å². The summed E-state index contributed by atoms with van der Waals surface area (Å²) in [5, 5.41) is 3.96. The van der Waals surface area contributed by atoms with Crippen molar-refractivity contribution in [2.24, 2.45) is 0 Å². The van der Waals surface area contributed by atoms with Crippen molar-refractivity contribution in [1.29, 1.82) is 0 Å². The Labute approximate surface area is 130 Å². The van der Waals surface area contributed by atoms with E-state index < -0.39 is 0 Å². The molecule has 0 saturated carbocycles. The van der Waals surface area contributed by atoms with Crippen LogP contribution in [0.15, 0.2) is 16.7 Å². The summed E-state index contributed by atoms with van der Waals surface area (Å²) in [7, 11) is 0. The maximum absolute atomic E-state index is 13.0. The van der Waals surface area contributed by atoms with Crippen molar-refractivity contribution < 1.29 is 9.32 Å². The van der Waals surface area contributed by atoms with Crippen LogP contribution in [-0.4, -0.2) is 27.1 Å². The fourth-order valence-corrected chi connectivity index (χ4v) is 3.50. The van der Waals surface area contributed by atoms with Crippen molar-refractivity contribution in [3.63, 3.8) is 0 Å². The van der Waals surface area contributed by atoms with Gasteiger partial charge in [-0.15, -0.1) is 0 Å². The third-order valence-electron chi connectivity index (χ3n) is 4.61. The molecule has 1 amide bonds. The quantitative estimate of drug-likeness (QED) is 0.873. The van der Waals surface area contributed by atoms with Gasteiger partial charge in [0.25, 0.3) is 5.91 Å². The van der Waals surface area contributed by atoms with Crippen molar-refractivity contribution >= 4 is 5.91 Å². The predicted molar refractivity (Wildman–Crippen MR) is 83.8 cm³/mol. The molecule has 1 saturated heterocycles. The van der Waals surface area contributed by atoms with Crippen molar-refractivity contribution in [2.75, 3.05) is 6.54 Å². The molecule has 0 radical (unpaired) electrons. The van der Waals surface area contributed by atoms with Crippen LogP contribution in [0.3, 0.4) is 0 Å². The Morgan fingerprint density at radius 2 is 2.14 bits per heavy atom. The Kier molecular flexibility index (Phi) is 3.81. The minimum Gasteiger partial charge on any atom is -0.359 e. The number of amides is 1. The van der Waals surface area contributed by atoms with E-state index in [2.05, 4.69) is 23.6 Å². The molecule has 0 aromatic carbocycles. The van der Waals surface area contributed by atoms with E-state index in [4.69, 9.17) is 4.52 Å². The zero-order chi connectivity index (χ0) is 15.9. The van der Waals surface area contributed by atoms with Crippen LogP contribution in [0.4, 0.5) is 0 Å². The lowest BCUT2D eigenvalue weighted by molar-refractivity contribution is 0.0713. The molecule has 1 aliphatic rings. The summed E-state index contributed by atoms with van der Waals surface area (Å²) < 4.78 is 7.57. The van der Waals surface area contributed by atoms with Crippen molar-refractivity contribution in [2.45, 2.75) is 53.1 Å². The SMILES string of the molecule is CCn1c(C)cc(C(=O)N2CCCC2c2cc(C)no2)c1C. The van der Waals surface area contributed by atoms with Gasteiger partial charge in [-0.05, 0) is 46.6 Å². The summed E-state index contributed by atoms with van der Waals surface area (Å²) in [6.45, 7) is 9.74. The number of nitrogens with zero attached hydrogens (tertiary/aromatic N) is 3. The second kappa shape index (κ2) is 5.63. The van der Waals surface area contributed by atoms with Crippen LogP contribution in [0.1, 0.15) is 59.0 Å². The van der Waals surface area contributed by atoms with Crippen LogP contribution < -0.4 is 0 Å². The topological polar surface area (TPSA) is 51.3 Å². The zero-order valence-electron chi connectivity index (χ0n) is 13.7. The number of carbonyl (C=O) groups excluding carboxylic acids is 1. The third kappa shape index (κ3) is 2.34. The Balaban J connectivity index is 1.91. The van der Waals surface area contributed by atoms with E-state index in [1.165, 1.54) is 0 Å². The number of likely N-dealkylation sites (tertiary alicyclic amines) is 1. The summed E-state index contributed by atoms with van der Waals surface area (Å²) in [4.78, 5) is 14.9. The molecule has 3 rings (SSSR count). The van der Waals surface area contributed by atoms with E-state index in [-0.39, 0.29) is 11.9 Å². The van der Waals surface area contributed by atoms with Gasteiger partial charge in [0.1, 0.15) is 0 Å². The highest BCUT2D eigenvalue weighted by Crippen LogP contribution is 2.34. The van der Waals surface area contributed by atoms with Gasteiger partial charge in [0.05, 0.1) is 17.3 Å². The van der Waals surface area contributed by atoms with Crippen molar-refractivity contribution in [3.05, 3.63) is 40.5 Å². The number of hydrogen-bond donors (Lipinski definition) is 0. The van der Waals surface area contributed by atoms with Crippen LogP contribution >= 0.6 is 0 Å². The molecule has 5 heteroatoms. The van der Waals surface area contributed by atoms with Crippen LogP contribution in [0.2, 0.25) is 0 Å². The molecule has 2 aromatic rings. The van der Waals surface area contributed by atoms with Gasteiger partial charge in [-0.2, -0.15) is 0 Å². The van der Waals surface area contributed by atoms with E-state index in [0.29, 0.717) is 0 Å². The van der Waals surface area contributed by atoms with Gasteiger partial charge >= 0.3 is 0 Å². The number of carbonyl (C=O) groups is 1. The van der Waals surface area contributed by atoms with Gasteiger partial charge in [0, 0.05) is 30.5 Å². The molecule has 1 atom stereocenters. The molecule has 3 heterocycles. The highest BCUT2D eigenvalue weighted by atomic mass is 16.5. The lowest BCUT2D eigenvalue weighted by atomic mass is 10.1. The van der Waals surface area contributed by atoms with Gasteiger partial charge in [0.2, 0.25) is 0 Å². The standard InChI is InChI=1S/C17H23N3O2/c1-5-19-12(3)10-14(13(19)4)17(21)20-8-6-7-15(20)16-9-11(2)18-22-16/h9-10,15H,5-8H2,1-4H3. The normalized spacial score (nSPS) is 18.2. The van der Waals surface area contributed by atoms with Gasteiger partial charge in [-0.25, -0.2) is 0 Å². The largest absolute Gasteiger partial charge is 0.359 e. The molecular weight excluding hydrogens is 278 g/mol. The van der Waals surface area contributed by atoms with Crippen molar-refractivity contribution in [1.82, 2.24) is 14.6 Å². The van der Waals surface area contributed by atoms with Gasteiger partial charge < -0.3 is 14.0 Å². The summed E-state index contributed by atoms with van der Waals surface area (Å²) >= 11 is 0. The highest BCUT2D eigenvalue weighted by Gasteiger charge is 2.34. The smallest absolute Gasteiger partial charge is 0.256 e. The Bertz CT molecular complexity index is 699. The summed E-state index contributed by atoms with van der Waals surface area (Å²) in [6.07, 6.45) is 1.94. The highest BCUT2D eigenvalue weighted by molar-refractivity contribution is 5.96. The number of aromatic nitrogens is 2. The monoisotopic (exact) mass is 301 g/mol. The Morgan fingerprint density at radius 3 is 2.73 bits per heavy atom. The fraction of sp³-hybridized carbons (Fsp3) is 0.529. The fourth-order valence-electron chi connectivity index (χ4n) is 3.50. The van der Waals surface area contributed by atoms with Crippen LogP contribution in [0.5, 0.6) is 0 Å². The minimum atomic E-state index is 0.0124. The van der Waals surface area contributed by atoms with Crippen LogP contribution in [-0.2, 0) is 6.54 Å². The number of rotatable bonds is 3. The molecule has 1 aliphatic heterocycles. The van der Waals surface area contributed by atoms with E-state index in [9.17, 15) is 4.79 Å². The molecule has 2 aromatic heterocycles. The summed E-state index contributed by atoms with van der Waals surface area (Å²) in [5.41, 5.74) is 3.85. The first-order valence-electron chi connectivity index (χ1n) is 7.93. The van der Waals surface area contributed by atoms with Gasteiger partial charge in [-0.1, -0.05) is 5.16 Å². The lowest BCUT2D eigenvalue weighted by Gasteiger charge is -2.22. The Morgan fingerprint density at radius 1 is 1.36 bits per heavy atom. The van der Waals surface area contributed by atoms with E-state index in [1.807, 2.05) is 30.9 Å². The summed E-state index contributed by atoms with van der Waals surface area (Å²) in [6, 6.07) is 3.95. The average molecular weight is 301 g/mol. The van der Waals surface area contributed by atoms with E-state index >= 15 is 0 Å². The molecule has 118 valence electrons. The van der Waals surface area contributed by atoms with Gasteiger partial charge in [-0.3, -0.25) is 4.79 Å². The molecule has 0 spiro atoms. The third-order valence-corrected chi connectivity index (χ3v) is 4.61. The molecule has 22 heavy (non-hydrogen) atoms. The van der Waals surface area contributed by atoms with E-state index in [1.54, 1.807) is 0 Å². The van der Waals surface area contributed by atoms with Crippen LogP contribution in [0.25, 0.3) is 0 Å². The molecule has 0 aliphatic carbocycles. The molecule has 0 N–H and O–H groups in total. The lowest BCUT2D eigenvalue weighted by Crippen LogP contribution is -2.30. The predicted octanol–water partition coefficient (Wildman–Crippen LogP) is 3.40. The maximum atomic E-state index is 13.0. The minimum absolute atomic E-state index is 0.0124. The van der Waals surface area contributed by atoms with Gasteiger partial charge in [0.15, 0.2) is 5.76 Å². The van der Waals surface area contributed by atoms with Crippen molar-refractivity contribution in [3.8, 4) is 0 Å². The molecular formula is C17H23N3O2. The molecule has 1 unspecified atom stereocenters. The molecule has 1 fully saturated rings. The number of hydrogen-bond acceptors (Lipinski definition) is 3. The first-order chi connectivity index (χ1) is 10.5. The second-order valence-corrected chi connectivity index (χ2v) is 6.06. The number of aryl methyl sites for hydroxylation is 2. The Hall–Kier alpha value is -2.04. The summed E-state index contributed by atoms with van der Waals surface area (Å²) in [5.74, 6) is 0.900. The average Bonchev–Trinajstić information content (AvgIpc) is 3.17. The first-order valence-corrected chi connectivity index (χ1v) is 7.93. The molecule has 5 nitrogen and oxygen atoms in total. The zero-order valence-corrected chi connectivity index (χ0v) is 13.7. The first kappa shape index (κ1) is 14.9. The molecule has 0 bridgehead atoms. The maximum Gasteiger partial charge on any atom is 0.256 e. The van der Waals surface area contributed by atoms with Crippen LogP contribution in [0, 0.1) is 20.8 Å². The second-order valence-electron chi connectivity index (χ2n) is 6.06.